The first-order chi connectivity index (χ1) is 10.4. The molecule has 0 spiro atoms. The molecule has 0 amide bonds. The van der Waals surface area contributed by atoms with Gasteiger partial charge in [0.25, 0.3) is 0 Å². The third-order valence-corrected chi connectivity index (χ3v) is 4.81. The van der Waals surface area contributed by atoms with Gasteiger partial charge in [-0.2, -0.15) is 0 Å². The number of halogens is 1. The molecule has 1 fully saturated rings. The maximum Gasteiger partial charge on any atom is 0.224 e. The van der Waals surface area contributed by atoms with Crippen molar-refractivity contribution in [3.05, 3.63) is 58.7 Å². The molecule has 116 valence electrons. The number of sulfone groups is 1. The third-order valence-electron chi connectivity index (χ3n) is 3.39. The van der Waals surface area contributed by atoms with Crippen LogP contribution < -0.4 is 0 Å². The largest absolute Gasteiger partial charge is 0.340 e. The predicted octanol–water partition coefficient (Wildman–Crippen LogP) is 2.39. The molecule has 22 heavy (non-hydrogen) atoms. The average molecular weight is 340 g/mol. The van der Waals surface area contributed by atoms with Gasteiger partial charge in [0.1, 0.15) is 0 Å². The quantitative estimate of drug-likeness (QED) is 0.859. The van der Waals surface area contributed by atoms with Gasteiger partial charge in [0.05, 0.1) is 18.2 Å². The van der Waals surface area contributed by atoms with Crippen molar-refractivity contribution in [2.24, 2.45) is 0 Å². The van der Waals surface area contributed by atoms with Crippen molar-refractivity contribution >= 4 is 21.4 Å². The maximum absolute atomic E-state index is 11.6. The van der Waals surface area contributed by atoms with Crippen LogP contribution in [-0.2, 0) is 25.1 Å². The van der Waals surface area contributed by atoms with E-state index in [4.69, 9.17) is 21.1 Å². The molecule has 1 aromatic carbocycles. The first kappa shape index (κ1) is 15.4. The Morgan fingerprint density at radius 2 is 1.77 bits per heavy atom. The first-order valence-electron chi connectivity index (χ1n) is 6.63. The molecule has 3 rings (SSSR count). The summed E-state index contributed by atoms with van der Waals surface area (Å²) in [5, 5.41) is -0.103. The SMILES string of the molecule is CS(=O)(=O)c1ncc(C2(c3ccccc3)OCCO2)cc1Cl. The van der Waals surface area contributed by atoms with E-state index in [9.17, 15) is 8.42 Å². The molecule has 1 aliphatic heterocycles. The summed E-state index contributed by atoms with van der Waals surface area (Å²) in [5.74, 6) is -1.10. The Hall–Kier alpha value is -1.47. The molecule has 1 aliphatic rings. The van der Waals surface area contributed by atoms with E-state index in [1.54, 1.807) is 0 Å². The fourth-order valence-corrected chi connectivity index (χ4v) is 3.69. The normalized spacial score (nSPS) is 17.5. The minimum Gasteiger partial charge on any atom is -0.340 e. The van der Waals surface area contributed by atoms with Crippen LogP contribution in [0.25, 0.3) is 0 Å². The Kier molecular flexibility index (Phi) is 3.94. The summed E-state index contributed by atoms with van der Waals surface area (Å²) in [4.78, 5) is 3.98. The van der Waals surface area contributed by atoms with E-state index in [2.05, 4.69) is 4.98 Å². The zero-order valence-electron chi connectivity index (χ0n) is 11.8. The molecule has 0 radical (unpaired) electrons. The van der Waals surface area contributed by atoms with Crippen LogP contribution in [0.3, 0.4) is 0 Å². The zero-order chi connectivity index (χ0) is 15.8. The second kappa shape index (κ2) is 5.62. The summed E-state index contributed by atoms with van der Waals surface area (Å²) < 4.78 is 34.9. The van der Waals surface area contributed by atoms with Crippen molar-refractivity contribution in [3.8, 4) is 0 Å². The number of hydrogen-bond acceptors (Lipinski definition) is 5. The van der Waals surface area contributed by atoms with Gasteiger partial charge >= 0.3 is 0 Å². The smallest absolute Gasteiger partial charge is 0.224 e. The second-order valence-electron chi connectivity index (χ2n) is 4.96. The lowest BCUT2D eigenvalue weighted by Crippen LogP contribution is -2.29. The predicted molar refractivity (Wildman–Crippen MR) is 81.5 cm³/mol. The van der Waals surface area contributed by atoms with Crippen LogP contribution in [0.4, 0.5) is 0 Å². The monoisotopic (exact) mass is 339 g/mol. The number of benzene rings is 1. The van der Waals surface area contributed by atoms with Gasteiger partial charge in [0.2, 0.25) is 5.79 Å². The van der Waals surface area contributed by atoms with Crippen LogP contribution in [0, 0.1) is 0 Å². The van der Waals surface area contributed by atoms with Crippen LogP contribution in [0.15, 0.2) is 47.6 Å². The van der Waals surface area contributed by atoms with E-state index >= 15 is 0 Å². The highest BCUT2D eigenvalue weighted by molar-refractivity contribution is 7.90. The van der Waals surface area contributed by atoms with E-state index in [1.807, 2.05) is 30.3 Å². The highest BCUT2D eigenvalue weighted by Gasteiger charge is 2.41. The number of nitrogens with zero attached hydrogens (tertiary/aromatic N) is 1. The van der Waals surface area contributed by atoms with Gasteiger partial charge in [-0.25, -0.2) is 13.4 Å². The van der Waals surface area contributed by atoms with Crippen LogP contribution in [0.5, 0.6) is 0 Å². The van der Waals surface area contributed by atoms with E-state index < -0.39 is 15.6 Å². The van der Waals surface area contributed by atoms with E-state index in [0.717, 1.165) is 11.8 Å². The van der Waals surface area contributed by atoms with Crippen molar-refractivity contribution in [1.82, 2.24) is 4.98 Å². The van der Waals surface area contributed by atoms with Crippen molar-refractivity contribution < 1.29 is 17.9 Å². The van der Waals surface area contributed by atoms with Crippen molar-refractivity contribution in [1.29, 1.82) is 0 Å². The summed E-state index contributed by atoms with van der Waals surface area (Å²) in [6.45, 7) is 0.862. The van der Waals surface area contributed by atoms with Crippen LogP contribution in [0.1, 0.15) is 11.1 Å². The van der Waals surface area contributed by atoms with E-state index in [-0.39, 0.29) is 10.0 Å². The topological polar surface area (TPSA) is 65.5 Å². The van der Waals surface area contributed by atoms with Gasteiger partial charge in [0.15, 0.2) is 14.9 Å². The van der Waals surface area contributed by atoms with Crippen LogP contribution in [0.2, 0.25) is 5.02 Å². The molecule has 5 nitrogen and oxygen atoms in total. The van der Waals surface area contributed by atoms with Crippen LogP contribution >= 0.6 is 11.6 Å². The average Bonchev–Trinajstić information content (AvgIpc) is 2.97. The standard InChI is InChI=1S/C15H14ClNO4S/c1-22(18,19)14-13(16)9-12(10-17-14)15(20-7-8-21-15)11-5-3-2-4-6-11/h2-6,9-10H,7-8H2,1H3. The molecule has 2 aromatic rings. The van der Waals surface area contributed by atoms with Gasteiger partial charge in [-0.15, -0.1) is 0 Å². The second-order valence-corrected chi connectivity index (χ2v) is 7.30. The Morgan fingerprint density at radius 3 is 2.32 bits per heavy atom. The van der Waals surface area contributed by atoms with E-state index in [1.165, 1.54) is 12.3 Å². The van der Waals surface area contributed by atoms with Crippen molar-refractivity contribution in [2.75, 3.05) is 19.5 Å². The lowest BCUT2D eigenvalue weighted by Gasteiger charge is -2.28. The molecule has 7 heteroatoms. The van der Waals surface area contributed by atoms with Crippen molar-refractivity contribution in [2.45, 2.75) is 10.8 Å². The number of hydrogen-bond donors (Lipinski definition) is 0. The fourth-order valence-electron chi connectivity index (χ4n) is 2.45. The Labute approximate surface area is 133 Å². The lowest BCUT2D eigenvalue weighted by atomic mass is 9.99. The summed E-state index contributed by atoms with van der Waals surface area (Å²) in [7, 11) is -3.48. The molecule has 0 aliphatic carbocycles. The van der Waals surface area contributed by atoms with Crippen molar-refractivity contribution in [3.63, 3.8) is 0 Å². The Balaban J connectivity index is 2.13. The number of rotatable bonds is 3. The highest BCUT2D eigenvalue weighted by Crippen LogP contribution is 2.39. The molecule has 0 unspecified atom stereocenters. The molecule has 0 atom stereocenters. The fraction of sp³-hybridized carbons (Fsp3) is 0.267. The van der Waals surface area contributed by atoms with Gasteiger partial charge in [-0.1, -0.05) is 41.9 Å². The molecule has 1 saturated heterocycles. The Bertz CT molecular complexity index is 786. The van der Waals surface area contributed by atoms with E-state index in [0.29, 0.717) is 18.8 Å². The highest BCUT2D eigenvalue weighted by atomic mass is 35.5. The lowest BCUT2D eigenvalue weighted by molar-refractivity contribution is -0.130. The molecule has 0 saturated carbocycles. The summed E-state index contributed by atoms with van der Waals surface area (Å²) in [6.07, 6.45) is 2.50. The van der Waals surface area contributed by atoms with Gasteiger partial charge in [0, 0.05) is 23.6 Å². The number of pyridine rings is 1. The summed E-state index contributed by atoms with van der Waals surface area (Å²) >= 11 is 6.09. The summed E-state index contributed by atoms with van der Waals surface area (Å²) in [6, 6.07) is 10.9. The maximum atomic E-state index is 11.6. The molecule has 0 bridgehead atoms. The zero-order valence-corrected chi connectivity index (χ0v) is 13.4. The Morgan fingerprint density at radius 1 is 1.14 bits per heavy atom. The number of aromatic nitrogens is 1. The van der Waals surface area contributed by atoms with Gasteiger partial charge < -0.3 is 9.47 Å². The number of ether oxygens (including phenoxy) is 2. The van der Waals surface area contributed by atoms with Gasteiger partial charge in [-0.3, -0.25) is 0 Å². The molecule has 0 N–H and O–H groups in total. The third kappa shape index (κ3) is 2.63. The minimum atomic E-state index is -3.48. The molecule has 2 heterocycles. The molecular weight excluding hydrogens is 326 g/mol. The first-order valence-corrected chi connectivity index (χ1v) is 8.90. The summed E-state index contributed by atoms with van der Waals surface area (Å²) in [5.41, 5.74) is 1.37. The molecular formula is C15H14ClNO4S. The molecule has 1 aromatic heterocycles. The van der Waals surface area contributed by atoms with Gasteiger partial charge in [-0.05, 0) is 6.07 Å². The van der Waals surface area contributed by atoms with Crippen LogP contribution in [-0.4, -0.2) is 32.9 Å². The minimum absolute atomic E-state index is 0.0504.